The molecular formula is C11H17ClN2O4S. The average molecular weight is 309 g/mol. The zero-order valence-corrected chi connectivity index (χ0v) is 12.3. The predicted octanol–water partition coefficient (Wildman–Crippen LogP) is 0.474. The number of esters is 1. The number of hydrogen-bond acceptors (Lipinski definition) is 6. The van der Waals surface area contributed by atoms with Crippen LogP contribution in [0.2, 0.25) is 0 Å². The van der Waals surface area contributed by atoms with Gasteiger partial charge in [-0.15, -0.1) is 23.7 Å². The van der Waals surface area contributed by atoms with E-state index in [9.17, 15) is 9.59 Å². The van der Waals surface area contributed by atoms with Crippen LogP contribution in [-0.4, -0.2) is 38.7 Å². The number of rotatable bonds is 6. The van der Waals surface area contributed by atoms with Gasteiger partial charge in [-0.05, 0) is 11.4 Å². The Bertz CT molecular complexity index is 399. The molecule has 1 rings (SSSR count). The minimum absolute atomic E-state index is 0. The van der Waals surface area contributed by atoms with Crippen LogP contribution in [0.4, 0.5) is 0 Å². The Hall–Kier alpha value is -1.15. The van der Waals surface area contributed by atoms with Crippen LogP contribution in [-0.2, 0) is 19.1 Å². The molecule has 0 fully saturated rings. The largest absolute Gasteiger partial charge is 0.467 e. The molecule has 0 aliphatic carbocycles. The summed E-state index contributed by atoms with van der Waals surface area (Å²) in [7, 11) is 2.72. The predicted molar refractivity (Wildman–Crippen MR) is 74.3 cm³/mol. The lowest BCUT2D eigenvalue weighted by Crippen LogP contribution is -2.46. The Kier molecular flexibility index (Phi) is 8.33. The Morgan fingerprint density at radius 2 is 2.16 bits per heavy atom. The maximum absolute atomic E-state index is 11.7. The van der Waals surface area contributed by atoms with Gasteiger partial charge < -0.3 is 20.5 Å². The van der Waals surface area contributed by atoms with Crippen LogP contribution in [0, 0.1) is 0 Å². The summed E-state index contributed by atoms with van der Waals surface area (Å²) in [5, 5.41) is 4.36. The third kappa shape index (κ3) is 5.15. The number of carbonyl (C=O) groups is 2. The highest BCUT2D eigenvalue weighted by Crippen LogP contribution is 2.20. The quantitative estimate of drug-likeness (QED) is 0.746. The third-order valence-corrected chi connectivity index (χ3v) is 3.17. The van der Waals surface area contributed by atoms with Crippen molar-refractivity contribution in [2.75, 3.05) is 20.8 Å². The second kappa shape index (κ2) is 8.87. The highest BCUT2D eigenvalue weighted by molar-refractivity contribution is 7.10. The molecule has 8 heteroatoms. The molecule has 1 aromatic heterocycles. The second-order valence-electron chi connectivity index (χ2n) is 3.54. The van der Waals surface area contributed by atoms with E-state index in [1.54, 1.807) is 12.1 Å². The van der Waals surface area contributed by atoms with Crippen molar-refractivity contribution in [2.24, 2.45) is 5.73 Å². The molecule has 0 saturated carbocycles. The van der Waals surface area contributed by atoms with Crippen molar-refractivity contribution < 1.29 is 19.1 Å². The maximum Gasteiger partial charge on any atom is 0.333 e. The molecule has 1 amide bonds. The van der Waals surface area contributed by atoms with E-state index < -0.39 is 24.0 Å². The van der Waals surface area contributed by atoms with Gasteiger partial charge in [0.25, 0.3) is 0 Å². The molecule has 108 valence electrons. The minimum Gasteiger partial charge on any atom is -0.467 e. The van der Waals surface area contributed by atoms with Crippen molar-refractivity contribution in [3.8, 4) is 0 Å². The van der Waals surface area contributed by atoms with Gasteiger partial charge in [0, 0.05) is 12.0 Å². The number of nitrogens with two attached hydrogens (primary N) is 1. The van der Waals surface area contributed by atoms with Crippen molar-refractivity contribution in [2.45, 2.75) is 12.1 Å². The molecule has 1 aromatic rings. The van der Waals surface area contributed by atoms with E-state index in [0.717, 1.165) is 0 Å². The summed E-state index contributed by atoms with van der Waals surface area (Å²) in [6.07, 6.45) is 0. The summed E-state index contributed by atoms with van der Waals surface area (Å²) in [5.41, 5.74) is 5.59. The van der Waals surface area contributed by atoms with E-state index in [1.165, 1.54) is 25.6 Å². The van der Waals surface area contributed by atoms with Crippen LogP contribution < -0.4 is 11.1 Å². The smallest absolute Gasteiger partial charge is 0.333 e. The van der Waals surface area contributed by atoms with Crippen molar-refractivity contribution in [3.05, 3.63) is 22.4 Å². The number of amides is 1. The number of methoxy groups -OCH3 is 2. The zero-order chi connectivity index (χ0) is 13.5. The molecule has 0 radical (unpaired) electrons. The summed E-state index contributed by atoms with van der Waals surface area (Å²) in [6, 6.07) is 1.89. The Morgan fingerprint density at radius 1 is 1.47 bits per heavy atom. The van der Waals surface area contributed by atoms with Crippen molar-refractivity contribution >= 4 is 35.6 Å². The fourth-order valence-electron chi connectivity index (χ4n) is 1.32. The van der Waals surface area contributed by atoms with Gasteiger partial charge in [0.1, 0.15) is 6.04 Å². The lowest BCUT2D eigenvalue weighted by molar-refractivity contribution is -0.145. The fourth-order valence-corrected chi connectivity index (χ4v) is 2.09. The number of halogens is 1. The molecule has 6 nitrogen and oxygen atoms in total. The van der Waals surface area contributed by atoms with Gasteiger partial charge in [0.15, 0.2) is 6.04 Å². The molecule has 19 heavy (non-hydrogen) atoms. The number of thiophene rings is 1. The number of ether oxygens (including phenoxy) is 2. The topological polar surface area (TPSA) is 90.6 Å². The average Bonchev–Trinajstić information content (AvgIpc) is 2.88. The molecule has 0 aliphatic heterocycles. The molecule has 0 saturated heterocycles. The Balaban J connectivity index is 0.00000324. The molecule has 0 aromatic carbocycles. The first kappa shape index (κ1) is 17.8. The van der Waals surface area contributed by atoms with Gasteiger partial charge >= 0.3 is 5.97 Å². The van der Waals surface area contributed by atoms with E-state index in [0.29, 0.717) is 4.88 Å². The number of hydrogen-bond donors (Lipinski definition) is 2. The minimum atomic E-state index is -0.828. The number of carbonyl (C=O) groups excluding carboxylic acids is 2. The van der Waals surface area contributed by atoms with Crippen LogP contribution in [0.15, 0.2) is 17.5 Å². The van der Waals surface area contributed by atoms with Gasteiger partial charge in [-0.25, -0.2) is 4.79 Å². The fraction of sp³-hybridized carbons (Fsp3) is 0.455. The first-order chi connectivity index (χ1) is 8.60. The summed E-state index contributed by atoms with van der Waals surface area (Å²) in [5.74, 6) is -0.990. The van der Waals surface area contributed by atoms with Gasteiger partial charge in [-0.2, -0.15) is 0 Å². The van der Waals surface area contributed by atoms with E-state index in [1.807, 2.05) is 5.38 Å². The molecule has 2 unspecified atom stereocenters. The second-order valence-corrected chi connectivity index (χ2v) is 4.52. The van der Waals surface area contributed by atoms with Crippen molar-refractivity contribution in [1.29, 1.82) is 0 Å². The SMILES string of the molecule is COCC(N)C(=O)NC(C(=O)OC)c1cccs1.Cl. The van der Waals surface area contributed by atoms with E-state index >= 15 is 0 Å². The molecule has 1 heterocycles. The van der Waals surface area contributed by atoms with E-state index in [-0.39, 0.29) is 19.0 Å². The summed E-state index contributed by atoms with van der Waals surface area (Å²) in [4.78, 5) is 24.1. The van der Waals surface area contributed by atoms with E-state index in [4.69, 9.17) is 10.5 Å². The molecule has 0 spiro atoms. The van der Waals surface area contributed by atoms with Crippen LogP contribution >= 0.6 is 23.7 Å². The van der Waals surface area contributed by atoms with Gasteiger partial charge in [0.2, 0.25) is 5.91 Å². The van der Waals surface area contributed by atoms with Crippen LogP contribution in [0.5, 0.6) is 0 Å². The lowest BCUT2D eigenvalue weighted by atomic mass is 10.2. The molecule has 0 bridgehead atoms. The standard InChI is InChI=1S/C11H16N2O4S.ClH/c1-16-6-7(12)10(14)13-9(11(15)17-2)8-4-3-5-18-8;/h3-5,7,9H,6,12H2,1-2H3,(H,13,14);1H. The highest BCUT2D eigenvalue weighted by atomic mass is 35.5. The molecule has 0 aliphatic rings. The van der Waals surface area contributed by atoms with Gasteiger partial charge in [0.05, 0.1) is 13.7 Å². The molecule has 3 N–H and O–H groups in total. The first-order valence-corrected chi connectivity index (χ1v) is 6.14. The maximum atomic E-state index is 11.7. The molecular weight excluding hydrogens is 292 g/mol. The van der Waals surface area contributed by atoms with Crippen molar-refractivity contribution in [3.63, 3.8) is 0 Å². The highest BCUT2D eigenvalue weighted by Gasteiger charge is 2.26. The van der Waals surface area contributed by atoms with Crippen LogP contribution in [0.25, 0.3) is 0 Å². The summed E-state index contributed by atoms with van der Waals surface area (Å²) in [6.45, 7) is 0.0875. The van der Waals surface area contributed by atoms with Crippen LogP contribution in [0.3, 0.4) is 0 Å². The third-order valence-electron chi connectivity index (χ3n) is 2.23. The van der Waals surface area contributed by atoms with Crippen molar-refractivity contribution in [1.82, 2.24) is 5.32 Å². The summed E-state index contributed by atoms with van der Waals surface area (Å²) >= 11 is 1.35. The summed E-state index contributed by atoms with van der Waals surface area (Å²) < 4.78 is 9.44. The first-order valence-electron chi connectivity index (χ1n) is 5.26. The molecule has 2 atom stereocenters. The van der Waals surface area contributed by atoms with Gasteiger partial charge in [-0.1, -0.05) is 6.07 Å². The Morgan fingerprint density at radius 3 is 2.63 bits per heavy atom. The van der Waals surface area contributed by atoms with Gasteiger partial charge in [-0.3, -0.25) is 4.79 Å². The number of nitrogens with one attached hydrogen (secondary N) is 1. The normalized spacial score (nSPS) is 13.0. The van der Waals surface area contributed by atoms with E-state index in [2.05, 4.69) is 10.1 Å². The zero-order valence-electron chi connectivity index (χ0n) is 10.6. The van der Waals surface area contributed by atoms with Crippen LogP contribution in [0.1, 0.15) is 10.9 Å². The Labute approximate surface area is 121 Å². The monoisotopic (exact) mass is 308 g/mol. The lowest BCUT2D eigenvalue weighted by Gasteiger charge is -2.17.